The number of ether oxygens (including phenoxy) is 1. The summed E-state index contributed by atoms with van der Waals surface area (Å²) in [7, 11) is 1.57. The molecule has 1 atom stereocenters. The lowest BCUT2D eigenvalue weighted by atomic mass is 9.92. The number of hydrogen-bond donors (Lipinski definition) is 1. The van der Waals surface area contributed by atoms with E-state index in [2.05, 4.69) is 11.4 Å². The molecule has 1 aliphatic rings. The summed E-state index contributed by atoms with van der Waals surface area (Å²) >= 11 is 0. The molecule has 6 heteroatoms. The van der Waals surface area contributed by atoms with Gasteiger partial charge in [-0.05, 0) is 36.8 Å². The van der Waals surface area contributed by atoms with Crippen LogP contribution in [0.5, 0.6) is 5.75 Å². The SMILES string of the molecule is COc1ccc(C2C(C(=O)c3ccccc3)=C(Nc3ccc(C)cc3)C(=O)N2CC#N)cc1. The number of hydrogen-bond acceptors (Lipinski definition) is 5. The quantitative estimate of drug-likeness (QED) is 0.429. The third-order valence-electron chi connectivity index (χ3n) is 5.60. The fourth-order valence-corrected chi connectivity index (χ4v) is 3.93. The number of methoxy groups -OCH3 is 1. The first-order chi connectivity index (χ1) is 16.0. The lowest BCUT2D eigenvalue weighted by Crippen LogP contribution is -2.32. The number of nitrogens with zero attached hydrogens (tertiary/aromatic N) is 2. The van der Waals surface area contributed by atoms with Crippen LogP contribution in [0.2, 0.25) is 0 Å². The minimum atomic E-state index is -0.705. The topological polar surface area (TPSA) is 82.4 Å². The maximum absolute atomic E-state index is 13.7. The average Bonchev–Trinajstić information content (AvgIpc) is 3.12. The second-order valence-electron chi connectivity index (χ2n) is 7.74. The van der Waals surface area contributed by atoms with Gasteiger partial charge >= 0.3 is 0 Å². The third kappa shape index (κ3) is 4.35. The summed E-state index contributed by atoms with van der Waals surface area (Å²) in [5.41, 5.74) is 3.46. The van der Waals surface area contributed by atoms with Gasteiger partial charge in [-0.1, -0.05) is 60.2 Å². The zero-order chi connectivity index (χ0) is 23.4. The molecule has 6 nitrogen and oxygen atoms in total. The highest BCUT2D eigenvalue weighted by Gasteiger charge is 2.43. The fraction of sp³-hybridized carbons (Fsp3) is 0.148. The van der Waals surface area contributed by atoms with Crippen LogP contribution >= 0.6 is 0 Å². The van der Waals surface area contributed by atoms with Crippen LogP contribution in [-0.2, 0) is 4.79 Å². The number of nitrogens with one attached hydrogen (secondary N) is 1. The summed E-state index contributed by atoms with van der Waals surface area (Å²) in [4.78, 5) is 28.6. The van der Waals surface area contributed by atoms with Gasteiger partial charge in [-0.25, -0.2) is 0 Å². The first-order valence-electron chi connectivity index (χ1n) is 10.5. The predicted octanol–water partition coefficient (Wildman–Crippen LogP) is 4.66. The van der Waals surface area contributed by atoms with E-state index in [-0.39, 0.29) is 18.0 Å². The number of aryl methyl sites for hydroxylation is 1. The van der Waals surface area contributed by atoms with Gasteiger partial charge in [-0.15, -0.1) is 0 Å². The molecule has 0 spiro atoms. The second kappa shape index (κ2) is 9.41. The maximum atomic E-state index is 13.7. The van der Waals surface area contributed by atoms with Gasteiger partial charge < -0.3 is 15.0 Å². The van der Waals surface area contributed by atoms with Crippen molar-refractivity contribution in [3.63, 3.8) is 0 Å². The van der Waals surface area contributed by atoms with Crippen molar-refractivity contribution in [2.24, 2.45) is 0 Å². The van der Waals surface area contributed by atoms with Crippen molar-refractivity contribution in [3.05, 3.63) is 107 Å². The molecule has 3 aromatic rings. The Bertz CT molecular complexity index is 1240. The second-order valence-corrected chi connectivity index (χ2v) is 7.74. The molecule has 3 aromatic carbocycles. The summed E-state index contributed by atoms with van der Waals surface area (Å²) in [6.45, 7) is 1.82. The molecule has 164 valence electrons. The molecule has 33 heavy (non-hydrogen) atoms. The number of Topliss-reactive ketones (excluding diaryl/α,β-unsaturated/α-hetero) is 1. The number of benzene rings is 3. The zero-order valence-corrected chi connectivity index (χ0v) is 18.4. The van der Waals surface area contributed by atoms with E-state index in [1.54, 1.807) is 43.5 Å². The lowest BCUT2D eigenvalue weighted by molar-refractivity contribution is -0.126. The predicted molar refractivity (Wildman–Crippen MR) is 126 cm³/mol. The minimum Gasteiger partial charge on any atom is -0.497 e. The highest BCUT2D eigenvalue weighted by Crippen LogP contribution is 2.40. The molecule has 1 heterocycles. The number of ketones is 1. The van der Waals surface area contributed by atoms with E-state index in [4.69, 9.17) is 4.74 Å². The number of rotatable bonds is 7. The van der Waals surface area contributed by atoms with Gasteiger partial charge in [0.05, 0.1) is 24.8 Å². The van der Waals surface area contributed by atoms with Crippen LogP contribution in [0.1, 0.15) is 27.5 Å². The van der Waals surface area contributed by atoms with Crippen LogP contribution in [0.4, 0.5) is 5.69 Å². The summed E-state index contributed by atoms with van der Waals surface area (Å²) in [6.07, 6.45) is 0. The van der Waals surface area contributed by atoms with Crippen molar-refractivity contribution >= 4 is 17.4 Å². The van der Waals surface area contributed by atoms with Crippen LogP contribution in [-0.4, -0.2) is 30.2 Å². The van der Waals surface area contributed by atoms with Crippen molar-refractivity contribution < 1.29 is 14.3 Å². The standard InChI is InChI=1S/C27H23N3O3/c1-18-8-12-21(13-9-18)29-24-23(26(31)20-6-4-3-5-7-20)25(30(17-16-28)27(24)32)19-10-14-22(33-2)15-11-19/h3-15,25,29H,17H2,1-2H3. The monoisotopic (exact) mass is 437 g/mol. The van der Waals surface area contributed by atoms with Crippen LogP contribution in [0.3, 0.4) is 0 Å². The largest absolute Gasteiger partial charge is 0.497 e. The van der Waals surface area contributed by atoms with Crippen molar-refractivity contribution in [2.45, 2.75) is 13.0 Å². The van der Waals surface area contributed by atoms with Gasteiger partial charge in [0.2, 0.25) is 0 Å². The molecule has 0 saturated heterocycles. The number of carbonyl (C=O) groups excluding carboxylic acids is 2. The molecule has 1 N–H and O–H groups in total. The normalized spacial score (nSPS) is 15.4. The van der Waals surface area contributed by atoms with E-state index in [0.29, 0.717) is 22.6 Å². The Labute approximate surface area is 192 Å². The smallest absolute Gasteiger partial charge is 0.272 e. The molecule has 1 aliphatic heterocycles. The lowest BCUT2D eigenvalue weighted by Gasteiger charge is -2.24. The molecule has 0 aromatic heterocycles. The Morgan fingerprint density at radius 2 is 1.70 bits per heavy atom. The molecule has 4 rings (SSSR count). The van der Waals surface area contributed by atoms with Gasteiger partial charge in [0.25, 0.3) is 5.91 Å². The van der Waals surface area contributed by atoms with Crippen molar-refractivity contribution in [2.75, 3.05) is 19.0 Å². The van der Waals surface area contributed by atoms with Crippen molar-refractivity contribution in [3.8, 4) is 11.8 Å². The summed E-state index contributed by atoms with van der Waals surface area (Å²) in [5.74, 6) is 0.00451. The third-order valence-corrected chi connectivity index (χ3v) is 5.60. The minimum absolute atomic E-state index is 0.153. The Hall–Kier alpha value is -4.37. The summed E-state index contributed by atoms with van der Waals surface area (Å²) in [5, 5.41) is 12.6. The van der Waals surface area contributed by atoms with E-state index in [9.17, 15) is 14.9 Å². The van der Waals surface area contributed by atoms with Crippen LogP contribution < -0.4 is 10.1 Å². The molecular weight excluding hydrogens is 414 g/mol. The summed E-state index contributed by atoms with van der Waals surface area (Å²) in [6, 6.07) is 25.0. The molecule has 0 fully saturated rings. The number of carbonyl (C=O) groups is 2. The Balaban J connectivity index is 1.88. The van der Waals surface area contributed by atoms with Crippen LogP contribution in [0, 0.1) is 18.3 Å². The average molecular weight is 437 g/mol. The Kier molecular flexibility index (Phi) is 6.23. The molecule has 0 bridgehead atoms. The van der Waals surface area contributed by atoms with Crippen molar-refractivity contribution in [1.29, 1.82) is 5.26 Å². The maximum Gasteiger partial charge on any atom is 0.272 e. The molecule has 1 unspecified atom stereocenters. The van der Waals surface area contributed by atoms with Crippen LogP contribution in [0.25, 0.3) is 0 Å². The van der Waals surface area contributed by atoms with Gasteiger partial charge in [-0.2, -0.15) is 5.26 Å². The van der Waals surface area contributed by atoms with E-state index < -0.39 is 11.9 Å². The highest BCUT2D eigenvalue weighted by molar-refractivity contribution is 6.18. The van der Waals surface area contributed by atoms with E-state index in [1.807, 2.05) is 49.4 Å². The molecule has 1 amide bonds. The van der Waals surface area contributed by atoms with Crippen LogP contribution in [0.15, 0.2) is 90.1 Å². The zero-order valence-electron chi connectivity index (χ0n) is 18.4. The van der Waals surface area contributed by atoms with Gasteiger partial charge in [0.1, 0.15) is 18.0 Å². The van der Waals surface area contributed by atoms with E-state index in [1.165, 1.54) is 4.90 Å². The molecule has 0 aliphatic carbocycles. The number of anilines is 1. The van der Waals surface area contributed by atoms with E-state index >= 15 is 0 Å². The first kappa shape index (κ1) is 21.8. The first-order valence-corrected chi connectivity index (χ1v) is 10.5. The van der Waals surface area contributed by atoms with E-state index in [0.717, 1.165) is 11.1 Å². The van der Waals surface area contributed by atoms with Gasteiger partial charge in [0, 0.05) is 11.3 Å². The van der Waals surface area contributed by atoms with Crippen molar-refractivity contribution in [1.82, 2.24) is 4.90 Å². The Morgan fingerprint density at radius 1 is 1.03 bits per heavy atom. The molecule has 0 radical (unpaired) electrons. The molecule has 0 saturated carbocycles. The van der Waals surface area contributed by atoms with Gasteiger partial charge in [-0.3, -0.25) is 9.59 Å². The summed E-state index contributed by atoms with van der Waals surface area (Å²) < 4.78 is 5.26. The fourth-order valence-electron chi connectivity index (χ4n) is 3.93. The Morgan fingerprint density at radius 3 is 2.30 bits per heavy atom. The van der Waals surface area contributed by atoms with Gasteiger partial charge in [0.15, 0.2) is 5.78 Å². The molecular formula is C27H23N3O3. The highest BCUT2D eigenvalue weighted by atomic mass is 16.5. The number of nitriles is 1. The number of amides is 1.